The van der Waals surface area contributed by atoms with E-state index in [0.717, 1.165) is 24.0 Å². The summed E-state index contributed by atoms with van der Waals surface area (Å²) in [5.41, 5.74) is 2.99. The highest BCUT2D eigenvalue weighted by Gasteiger charge is 2.31. The van der Waals surface area contributed by atoms with Crippen LogP contribution in [-0.2, 0) is 6.42 Å². The zero-order chi connectivity index (χ0) is 15.7. The quantitative estimate of drug-likeness (QED) is 0.798. The molecule has 0 radical (unpaired) electrons. The lowest BCUT2D eigenvalue weighted by Crippen LogP contribution is -2.17. The normalized spacial score (nSPS) is 14.6. The second kappa shape index (κ2) is 5.48. The number of halogens is 3. The third kappa shape index (κ3) is 2.98. The fourth-order valence-corrected chi connectivity index (χ4v) is 2.81. The molecule has 0 aromatic heterocycles. The first-order chi connectivity index (χ1) is 10.4. The van der Waals surface area contributed by atoms with Crippen molar-refractivity contribution in [3.8, 4) is 16.9 Å². The fourth-order valence-electron chi connectivity index (χ4n) is 2.81. The van der Waals surface area contributed by atoms with Crippen LogP contribution in [0.4, 0.5) is 13.2 Å². The molecule has 0 amide bonds. The number of carbonyl (C=O) groups is 1. The molecule has 1 aliphatic rings. The summed E-state index contributed by atoms with van der Waals surface area (Å²) in [6, 6.07) is 11.2. The Bertz CT molecular complexity index is 720. The Hall–Kier alpha value is -2.30. The number of Topliss-reactive ketones (excluding diaryl/α,β-unsaturated/α-hetero) is 1. The summed E-state index contributed by atoms with van der Waals surface area (Å²) in [7, 11) is 0. The number of hydrogen-bond donors (Lipinski definition) is 0. The lowest BCUT2D eigenvalue weighted by molar-refractivity contribution is -0.274. The maximum atomic E-state index is 12.3. The van der Waals surface area contributed by atoms with E-state index in [9.17, 15) is 18.0 Å². The van der Waals surface area contributed by atoms with E-state index < -0.39 is 6.36 Å². The van der Waals surface area contributed by atoms with E-state index in [4.69, 9.17) is 0 Å². The van der Waals surface area contributed by atoms with Crippen LogP contribution in [0.3, 0.4) is 0 Å². The number of alkyl halides is 3. The molecule has 0 saturated carbocycles. The van der Waals surface area contributed by atoms with Crippen molar-refractivity contribution in [2.24, 2.45) is 0 Å². The van der Waals surface area contributed by atoms with Crippen LogP contribution in [0.2, 0.25) is 0 Å². The fraction of sp³-hybridized carbons (Fsp3) is 0.235. The van der Waals surface area contributed by atoms with Gasteiger partial charge in [0.05, 0.1) is 0 Å². The molecular formula is C17H13F3O2. The predicted octanol–water partition coefficient (Wildman–Crippen LogP) is 4.77. The van der Waals surface area contributed by atoms with Crippen molar-refractivity contribution in [1.29, 1.82) is 0 Å². The van der Waals surface area contributed by atoms with E-state index in [2.05, 4.69) is 4.74 Å². The van der Waals surface area contributed by atoms with Crippen LogP contribution in [0.15, 0.2) is 42.5 Å². The zero-order valence-corrected chi connectivity index (χ0v) is 11.6. The molecule has 0 unspecified atom stereocenters. The van der Waals surface area contributed by atoms with E-state index in [-0.39, 0.29) is 11.5 Å². The Morgan fingerprint density at radius 3 is 2.45 bits per heavy atom. The molecular weight excluding hydrogens is 293 g/mol. The third-order valence-corrected chi connectivity index (χ3v) is 3.69. The Balaban J connectivity index is 2.03. The highest BCUT2D eigenvalue weighted by molar-refractivity contribution is 6.00. The summed E-state index contributed by atoms with van der Waals surface area (Å²) in [4.78, 5) is 12.0. The van der Waals surface area contributed by atoms with Crippen LogP contribution >= 0.6 is 0 Å². The monoisotopic (exact) mass is 306 g/mol. The van der Waals surface area contributed by atoms with Crippen LogP contribution < -0.4 is 4.74 Å². The second-order valence-corrected chi connectivity index (χ2v) is 5.18. The van der Waals surface area contributed by atoms with Crippen LogP contribution in [-0.4, -0.2) is 12.1 Å². The molecule has 2 nitrogen and oxygen atoms in total. The first kappa shape index (κ1) is 14.6. The van der Waals surface area contributed by atoms with Gasteiger partial charge in [-0.05, 0) is 41.7 Å². The van der Waals surface area contributed by atoms with Gasteiger partial charge in [0.2, 0.25) is 0 Å². The number of fused-ring (bicyclic) bond motifs is 1. The van der Waals surface area contributed by atoms with Gasteiger partial charge >= 0.3 is 6.36 Å². The van der Waals surface area contributed by atoms with Gasteiger partial charge in [0.15, 0.2) is 5.78 Å². The highest BCUT2D eigenvalue weighted by Crippen LogP contribution is 2.34. The van der Waals surface area contributed by atoms with Crippen molar-refractivity contribution in [3.63, 3.8) is 0 Å². The molecule has 2 aromatic carbocycles. The molecule has 0 saturated heterocycles. The second-order valence-electron chi connectivity index (χ2n) is 5.18. The molecule has 0 aliphatic heterocycles. The Kier molecular flexibility index (Phi) is 3.64. The van der Waals surface area contributed by atoms with Gasteiger partial charge < -0.3 is 4.74 Å². The van der Waals surface area contributed by atoms with Crippen molar-refractivity contribution in [3.05, 3.63) is 53.6 Å². The van der Waals surface area contributed by atoms with Gasteiger partial charge in [-0.3, -0.25) is 4.79 Å². The zero-order valence-electron chi connectivity index (χ0n) is 11.6. The first-order valence-electron chi connectivity index (χ1n) is 6.95. The molecule has 1 aliphatic carbocycles. The lowest BCUT2D eigenvalue weighted by atomic mass is 9.85. The standard InChI is InChI=1S/C17H13F3O2/c18-17(19,20)22-12-5-1-4-11(10-12)13-6-2-8-15-14(13)7-3-9-16(15)21/h1-2,4-6,8,10H,3,7,9H2. The summed E-state index contributed by atoms with van der Waals surface area (Å²) < 4.78 is 41.0. The van der Waals surface area contributed by atoms with Crippen LogP contribution in [0.5, 0.6) is 5.75 Å². The molecule has 0 N–H and O–H groups in total. The number of ketones is 1. The van der Waals surface area contributed by atoms with Gasteiger partial charge in [-0.15, -0.1) is 13.2 Å². The first-order valence-corrected chi connectivity index (χ1v) is 6.95. The smallest absolute Gasteiger partial charge is 0.406 e. The maximum absolute atomic E-state index is 12.3. The average molecular weight is 306 g/mol. The summed E-state index contributed by atoms with van der Waals surface area (Å²) in [6.45, 7) is 0. The number of ether oxygens (including phenoxy) is 1. The molecule has 0 atom stereocenters. The van der Waals surface area contributed by atoms with Gasteiger partial charge in [-0.2, -0.15) is 0 Å². The Morgan fingerprint density at radius 2 is 1.68 bits per heavy atom. The molecule has 5 heteroatoms. The topological polar surface area (TPSA) is 26.3 Å². The minimum atomic E-state index is -4.72. The summed E-state index contributed by atoms with van der Waals surface area (Å²) in [5.74, 6) is -0.171. The third-order valence-electron chi connectivity index (χ3n) is 3.69. The van der Waals surface area contributed by atoms with Crippen molar-refractivity contribution in [2.75, 3.05) is 0 Å². The molecule has 114 valence electrons. The van der Waals surface area contributed by atoms with Gasteiger partial charge in [0.25, 0.3) is 0 Å². The number of benzene rings is 2. The Labute approximate surface area is 125 Å². The van der Waals surface area contributed by atoms with E-state index in [1.165, 1.54) is 18.2 Å². The molecule has 0 bridgehead atoms. The maximum Gasteiger partial charge on any atom is 0.573 e. The summed E-state index contributed by atoms with van der Waals surface area (Å²) in [5, 5.41) is 0. The van der Waals surface area contributed by atoms with Crippen molar-refractivity contribution in [1.82, 2.24) is 0 Å². The van der Waals surface area contributed by atoms with Gasteiger partial charge in [-0.25, -0.2) is 0 Å². The van der Waals surface area contributed by atoms with Gasteiger partial charge in [0, 0.05) is 12.0 Å². The number of rotatable bonds is 2. The predicted molar refractivity (Wildman–Crippen MR) is 75.8 cm³/mol. The average Bonchev–Trinajstić information content (AvgIpc) is 2.46. The largest absolute Gasteiger partial charge is 0.573 e. The lowest BCUT2D eigenvalue weighted by Gasteiger charge is -2.19. The highest BCUT2D eigenvalue weighted by atomic mass is 19.4. The summed E-state index contributed by atoms with van der Waals surface area (Å²) in [6.07, 6.45) is -2.68. The molecule has 3 rings (SSSR count). The number of hydrogen-bond acceptors (Lipinski definition) is 2. The minimum Gasteiger partial charge on any atom is -0.406 e. The van der Waals surface area contributed by atoms with E-state index in [1.54, 1.807) is 18.2 Å². The SMILES string of the molecule is O=C1CCCc2c1cccc2-c1cccc(OC(F)(F)F)c1. The Morgan fingerprint density at radius 1 is 0.955 bits per heavy atom. The van der Waals surface area contributed by atoms with E-state index in [1.807, 2.05) is 6.07 Å². The number of carbonyl (C=O) groups excluding carboxylic acids is 1. The van der Waals surface area contributed by atoms with Crippen LogP contribution in [0.25, 0.3) is 11.1 Å². The molecule has 0 spiro atoms. The molecule has 2 aromatic rings. The van der Waals surface area contributed by atoms with Crippen molar-refractivity contribution >= 4 is 5.78 Å². The van der Waals surface area contributed by atoms with Crippen molar-refractivity contribution in [2.45, 2.75) is 25.6 Å². The molecule has 0 heterocycles. The van der Waals surface area contributed by atoms with Gasteiger partial charge in [-0.1, -0.05) is 30.3 Å². The molecule has 22 heavy (non-hydrogen) atoms. The van der Waals surface area contributed by atoms with E-state index >= 15 is 0 Å². The van der Waals surface area contributed by atoms with Crippen LogP contribution in [0.1, 0.15) is 28.8 Å². The van der Waals surface area contributed by atoms with Crippen LogP contribution in [0, 0.1) is 0 Å². The summed E-state index contributed by atoms with van der Waals surface area (Å²) >= 11 is 0. The minimum absolute atomic E-state index is 0.0887. The van der Waals surface area contributed by atoms with Crippen molar-refractivity contribution < 1.29 is 22.7 Å². The molecule has 0 fully saturated rings. The van der Waals surface area contributed by atoms with E-state index in [0.29, 0.717) is 17.5 Å². The van der Waals surface area contributed by atoms with Gasteiger partial charge in [0.1, 0.15) is 5.75 Å².